The number of nitrogens with zero attached hydrogens (tertiary/aromatic N) is 2. The number of aromatic nitrogens is 2. The Morgan fingerprint density at radius 3 is 2.76 bits per heavy atom. The van der Waals surface area contributed by atoms with Crippen molar-refractivity contribution < 1.29 is 14.7 Å². The van der Waals surface area contributed by atoms with E-state index in [9.17, 15) is 9.59 Å². The summed E-state index contributed by atoms with van der Waals surface area (Å²) < 4.78 is 1.59. The summed E-state index contributed by atoms with van der Waals surface area (Å²) >= 11 is 0. The molecule has 0 atom stereocenters. The summed E-state index contributed by atoms with van der Waals surface area (Å²) in [6, 6.07) is 5.12. The van der Waals surface area contributed by atoms with Crippen LogP contribution in [0.2, 0.25) is 0 Å². The largest absolute Gasteiger partial charge is 0.478 e. The molecule has 1 aromatic heterocycles. The number of carboxylic acids is 1. The number of benzene rings is 1. The van der Waals surface area contributed by atoms with Gasteiger partial charge in [-0.1, -0.05) is 6.07 Å². The van der Waals surface area contributed by atoms with Crippen molar-refractivity contribution in [2.45, 2.75) is 6.92 Å². The van der Waals surface area contributed by atoms with Gasteiger partial charge in [0.2, 0.25) is 0 Å². The van der Waals surface area contributed by atoms with Crippen molar-refractivity contribution in [2.75, 3.05) is 5.32 Å². The van der Waals surface area contributed by atoms with Crippen LogP contribution in [0, 0.1) is 6.92 Å². The number of hydrogen-bond acceptors (Lipinski definition) is 3. The molecular weight excluding hydrogens is 270 g/mol. The van der Waals surface area contributed by atoms with Crippen molar-refractivity contribution in [3.05, 3.63) is 53.4 Å². The molecule has 1 heterocycles. The number of amides is 1. The lowest BCUT2D eigenvalue weighted by molar-refractivity contribution is -0.131. The van der Waals surface area contributed by atoms with Gasteiger partial charge in [0.15, 0.2) is 0 Å². The van der Waals surface area contributed by atoms with Crippen LogP contribution in [0.3, 0.4) is 0 Å². The van der Waals surface area contributed by atoms with Crippen molar-refractivity contribution in [3.8, 4) is 0 Å². The Morgan fingerprint density at radius 2 is 2.14 bits per heavy atom. The van der Waals surface area contributed by atoms with E-state index in [0.717, 1.165) is 11.6 Å². The van der Waals surface area contributed by atoms with Gasteiger partial charge in [-0.3, -0.25) is 9.48 Å². The summed E-state index contributed by atoms with van der Waals surface area (Å²) in [6.45, 7) is 1.85. The molecule has 0 bridgehead atoms. The fourth-order valence-corrected chi connectivity index (χ4v) is 1.81. The third-order valence-electron chi connectivity index (χ3n) is 2.91. The average Bonchev–Trinajstić information content (AvgIpc) is 2.83. The highest BCUT2D eigenvalue weighted by molar-refractivity contribution is 6.04. The molecule has 108 valence electrons. The highest BCUT2D eigenvalue weighted by Gasteiger charge is 2.08. The second-order valence-electron chi connectivity index (χ2n) is 4.60. The van der Waals surface area contributed by atoms with Gasteiger partial charge in [-0.2, -0.15) is 5.10 Å². The lowest BCUT2D eigenvalue weighted by Gasteiger charge is -2.06. The van der Waals surface area contributed by atoms with E-state index in [1.165, 1.54) is 6.08 Å². The van der Waals surface area contributed by atoms with Gasteiger partial charge in [0.25, 0.3) is 5.91 Å². The second-order valence-corrected chi connectivity index (χ2v) is 4.60. The number of carboxylic acid groups (broad SMARTS) is 1. The highest BCUT2D eigenvalue weighted by Crippen LogP contribution is 2.15. The zero-order chi connectivity index (χ0) is 15.4. The molecule has 6 nitrogen and oxygen atoms in total. The molecule has 0 spiro atoms. The quantitative estimate of drug-likeness (QED) is 0.842. The second kappa shape index (κ2) is 6.04. The van der Waals surface area contributed by atoms with Crippen LogP contribution in [0.1, 0.15) is 21.5 Å². The molecule has 2 aromatic rings. The normalized spacial score (nSPS) is 10.8. The molecule has 0 saturated heterocycles. The molecule has 0 fully saturated rings. The Hall–Kier alpha value is -2.89. The number of carbonyl (C=O) groups is 2. The van der Waals surface area contributed by atoms with Crippen LogP contribution in [0.25, 0.3) is 6.08 Å². The lowest BCUT2D eigenvalue weighted by Crippen LogP contribution is -2.11. The molecular formula is C15H15N3O3. The number of carbonyl (C=O) groups excluding carboxylic acids is 1. The van der Waals surface area contributed by atoms with Gasteiger partial charge in [-0.25, -0.2) is 4.79 Å². The van der Waals surface area contributed by atoms with Gasteiger partial charge < -0.3 is 10.4 Å². The van der Waals surface area contributed by atoms with Crippen molar-refractivity contribution in [2.24, 2.45) is 7.05 Å². The van der Waals surface area contributed by atoms with Crippen LogP contribution in [0.4, 0.5) is 5.69 Å². The van der Waals surface area contributed by atoms with Crippen LogP contribution < -0.4 is 5.32 Å². The highest BCUT2D eigenvalue weighted by atomic mass is 16.4. The SMILES string of the molecule is Cc1ccc(C(=O)Nc2cnn(C)c2)cc1/C=C/C(=O)O. The molecule has 0 saturated carbocycles. The van der Waals surface area contributed by atoms with Gasteiger partial charge in [0, 0.05) is 24.9 Å². The number of aliphatic carboxylic acids is 1. The summed E-state index contributed by atoms with van der Waals surface area (Å²) in [5.41, 5.74) is 2.64. The van der Waals surface area contributed by atoms with Crippen molar-refractivity contribution >= 4 is 23.6 Å². The molecule has 0 aliphatic rings. The smallest absolute Gasteiger partial charge is 0.328 e. The number of nitrogens with one attached hydrogen (secondary N) is 1. The third-order valence-corrected chi connectivity index (χ3v) is 2.91. The summed E-state index contributed by atoms with van der Waals surface area (Å²) in [5.74, 6) is -1.30. The molecule has 0 aliphatic heterocycles. The van der Waals surface area contributed by atoms with Crippen LogP contribution in [0.15, 0.2) is 36.7 Å². The Labute approximate surface area is 121 Å². The maximum Gasteiger partial charge on any atom is 0.328 e. The summed E-state index contributed by atoms with van der Waals surface area (Å²) in [4.78, 5) is 22.7. The van der Waals surface area contributed by atoms with E-state index in [1.54, 1.807) is 42.3 Å². The van der Waals surface area contributed by atoms with Crippen LogP contribution >= 0.6 is 0 Å². The Morgan fingerprint density at radius 1 is 1.38 bits per heavy atom. The minimum absolute atomic E-state index is 0.270. The standard InChI is InChI=1S/C15H15N3O3/c1-10-3-4-12(7-11(10)5-6-14(19)20)15(21)17-13-8-16-18(2)9-13/h3-9H,1-2H3,(H,17,21)(H,19,20)/b6-5+. The van der Waals surface area contributed by atoms with E-state index < -0.39 is 5.97 Å². The van der Waals surface area contributed by atoms with E-state index in [2.05, 4.69) is 10.4 Å². The molecule has 2 rings (SSSR count). The van der Waals surface area contributed by atoms with E-state index in [4.69, 9.17) is 5.11 Å². The predicted octanol–water partition coefficient (Wildman–Crippen LogP) is 2.08. The number of rotatable bonds is 4. The first kappa shape index (κ1) is 14.5. The number of aryl methyl sites for hydroxylation is 2. The fourth-order valence-electron chi connectivity index (χ4n) is 1.81. The zero-order valence-corrected chi connectivity index (χ0v) is 11.7. The zero-order valence-electron chi connectivity index (χ0n) is 11.7. The summed E-state index contributed by atoms with van der Waals surface area (Å²) in [5, 5.41) is 15.4. The third kappa shape index (κ3) is 3.79. The van der Waals surface area contributed by atoms with Gasteiger partial charge >= 0.3 is 5.97 Å². The minimum atomic E-state index is -1.03. The topological polar surface area (TPSA) is 84.2 Å². The van der Waals surface area contributed by atoms with Gasteiger partial charge in [-0.05, 0) is 36.3 Å². The Balaban J connectivity index is 2.21. The maximum atomic E-state index is 12.1. The molecule has 0 aliphatic carbocycles. The molecule has 21 heavy (non-hydrogen) atoms. The Kier molecular flexibility index (Phi) is 4.18. The first-order chi connectivity index (χ1) is 9.95. The van der Waals surface area contributed by atoms with E-state index in [-0.39, 0.29) is 5.91 Å². The van der Waals surface area contributed by atoms with E-state index in [1.807, 2.05) is 6.92 Å². The van der Waals surface area contributed by atoms with E-state index >= 15 is 0 Å². The average molecular weight is 285 g/mol. The Bertz CT molecular complexity index is 717. The fraction of sp³-hybridized carbons (Fsp3) is 0.133. The molecule has 0 unspecified atom stereocenters. The molecule has 1 amide bonds. The van der Waals surface area contributed by atoms with Crippen LogP contribution in [-0.2, 0) is 11.8 Å². The number of anilines is 1. The minimum Gasteiger partial charge on any atom is -0.478 e. The van der Waals surface area contributed by atoms with Crippen LogP contribution in [0.5, 0.6) is 0 Å². The van der Waals surface area contributed by atoms with Crippen molar-refractivity contribution in [3.63, 3.8) is 0 Å². The summed E-state index contributed by atoms with van der Waals surface area (Å²) in [7, 11) is 1.76. The van der Waals surface area contributed by atoms with Gasteiger partial charge in [0.1, 0.15) is 0 Å². The van der Waals surface area contributed by atoms with Crippen molar-refractivity contribution in [1.82, 2.24) is 9.78 Å². The van der Waals surface area contributed by atoms with Gasteiger partial charge in [-0.15, -0.1) is 0 Å². The molecule has 2 N–H and O–H groups in total. The number of hydrogen-bond donors (Lipinski definition) is 2. The van der Waals surface area contributed by atoms with E-state index in [0.29, 0.717) is 16.8 Å². The lowest BCUT2D eigenvalue weighted by atomic mass is 10.0. The van der Waals surface area contributed by atoms with Crippen molar-refractivity contribution in [1.29, 1.82) is 0 Å². The first-order valence-corrected chi connectivity index (χ1v) is 6.27. The van der Waals surface area contributed by atoms with Crippen LogP contribution in [-0.4, -0.2) is 26.8 Å². The molecule has 6 heteroatoms. The molecule has 0 radical (unpaired) electrons. The predicted molar refractivity (Wildman–Crippen MR) is 79.0 cm³/mol. The maximum absolute atomic E-state index is 12.1. The van der Waals surface area contributed by atoms with Gasteiger partial charge in [0.05, 0.1) is 11.9 Å². The first-order valence-electron chi connectivity index (χ1n) is 6.27. The summed E-state index contributed by atoms with van der Waals surface area (Å²) in [6.07, 6.45) is 5.76. The monoisotopic (exact) mass is 285 g/mol. The molecule has 1 aromatic carbocycles.